The molecule has 0 amide bonds. The van der Waals surface area contributed by atoms with Gasteiger partial charge in [0.25, 0.3) is 0 Å². The van der Waals surface area contributed by atoms with Crippen molar-refractivity contribution in [2.75, 3.05) is 20.8 Å². The summed E-state index contributed by atoms with van der Waals surface area (Å²) in [7, 11) is 3.00. The maximum absolute atomic E-state index is 11.4. The van der Waals surface area contributed by atoms with E-state index in [1.165, 1.54) is 13.2 Å². The SMILES string of the molecule is CCOc1cc(/C=N/NC(=S)NC)ccc1OCc1ccc(C(=O)OC)o1. The quantitative estimate of drug-likeness (QED) is 0.307. The third-order valence-electron chi connectivity index (χ3n) is 3.29. The second-order valence-electron chi connectivity index (χ2n) is 5.13. The molecule has 1 aromatic heterocycles. The Morgan fingerprint density at radius 1 is 1.26 bits per heavy atom. The van der Waals surface area contributed by atoms with Crippen LogP contribution in [-0.2, 0) is 11.3 Å². The molecule has 2 rings (SSSR count). The molecule has 0 spiro atoms. The zero-order valence-electron chi connectivity index (χ0n) is 15.3. The number of hydrogen-bond donors (Lipinski definition) is 2. The minimum atomic E-state index is -0.536. The van der Waals surface area contributed by atoms with Crippen molar-refractivity contribution in [2.45, 2.75) is 13.5 Å². The van der Waals surface area contributed by atoms with E-state index in [9.17, 15) is 4.79 Å². The van der Waals surface area contributed by atoms with Gasteiger partial charge >= 0.3 is 5.97 Å². The number of ether oxygens (including phenoxy) is 3. The number of nitrogens with one attached hydrogen (secondary N) is 2. The Bertz CT molecular complexity index is 819. The monoisotopic (exact) mass is 391 g/mol. The lowest BCUT2D eigenvalue weighted by Gasteiger charge is -2.11. The molecule has 0 saturated carbocycles. The number of hydrogen-bond acceptors (Lipinski definition) is 7. The van der Waals surface area contributed by atoms with E-state index >= 15 is 0 Å². The lowest BCUT2D eigenvalue weighted by atomic mass is 10.2. The highest BCUT2D eigenvalue weighted by Gasteiger charge is 2.12. The van der Waals surface area contributed by atoms with Crippen LogP contribution in [0.25, 0.3) is 0 Å². The molecule has 8 nitrogen and oxygen atoms in total. The predicted molar refractivity (Wildman–Crippen MR) is 104 cm³/mol. The summed E-state index contributed by atoms with van der Waals surface area (Å²) in [5.41, 5.74) is 3.49. The van der Waals surface area contributed by atoms with Crippen molar-refractivity contribution in [3.05, 3.63) is 47.4 Å². The molecule has 1 heterocycles. The zero-order valence-corrected chi connectivity index (χ0v) is 16.1. The van der Waals surface area contributed by atoms with E-state index in [2.05, 4.69) is 20.6 Å². The molecule has 0 aliphatic heterocycles. The zero-order chi connectivity index (χ0) is 19.6. The molecule has 144 valence electrons. The van der Waals surface area contributed by atoms with Gasteiger partial charge in [-0.15, -0.1) is 0 Å². The van der Waals surface area contributed by atoms with Crippen LogP contribution in [0.3, 0.4) is 0 Å². The number of methoxy groups -OCH3 is 1. The fraction of sp³-hybridized carbons (Fsp3) is 0.278. The topological polar surface area (TPSA) is 94.3 Å². The van der Waals surface area contributed by atoms with E-state index in [1.54, 1.807) is 31.5 Å². The fourth-order valence-corrected chi connectivity index (χ4v) is 2.08. The number of nitrogens with zero attached hydrogens (tertiary/aromatic N) is 1. The van der Waals surface area contributed by atoms with E-state index in [1.807, 2.05) is 13.0 Å². The molecule has 0 unspecified atom stereocenters. The van der Waals surface area contributed by atoms with Crippen LogP contribution < -0.4 is 20.2 Å². The number of carbonyl (C=O) groups is 1. The van der Waals surface area contributed by atoms with Crippen LogP contribution in [0.4, 0.5) is 0 Å². The molecule has 27 heavy (non-hydrogen) atoms. The van der Waals surface area contributed by atoms with E-state index in [4.69, 9.17) is 26.1 Å². The Morgan fingerprint density at radius 3 is 2.78 bits per heavy atom. The smallest absolute Gasteiger partial charge is 0.373 e. The second-order valence-corrected chi connectivity index (χ2v) is 5.54. The Morgan fingerprint density at radius 2 is 2.07 bits per heavy atom. The summed E-state index contributed by atoms with van der Waals surface area (Å²) in [6, 6.07) is 8.59. The normalized spacial score (nSPS) is 10.5. The molecule has 0 aliphatic rings. The van der Waals surface area contributed by atoms with Gasteiger partial charge < -0.3 is 23.9 Å². The second kappa shape index (κ2) is 10.2. The van der Waals surface area contributed by atoms with Gasteiger partial charge in [0.05, 0.1) is 19.9 Å². The Balaban J connectivity index is 2.06. The fourth-order valence-electron chi connectivity index (χ4n) is 2.03. The summed E-state index contributed by atoms with van der Waals surface area (Å²) in [6.07, 6.45) is 1.62. The maximum Gasteiger partial charge on any atom is 0.373 e. The third-order valence-corrected chi connectivity index (χ3v) is 3.59. The highest BCUT2D eigenvalue weighted by Crippen LogP contribution is 2.29. The Hall–Kier alpha value is -3.07. The van der Waals surface area contributed by atoms with E-state index in [0.29, 0.717) is 29.0 Å². The maximum atomic E-state index is 11.4. The van der Waals surface area contributed by atoms with Gasteiger partial charge in [-0.3, -0.25) is 5.43 Å². The summed E-state index contributed by atoms with van der Waals surface area (Å²) in [4.78, 5) is 11.4. The molecule has 0 bridgehead atoms. The van der Waals surface area contributed by atoms with Crippen LogP contribution in [0, 0.1) is 0 Å². The third kappa shape index (κ3) is 6.00. The van der Waals surface area contributed by atoms with Crippen molar-refractivity contribution in [2.24, 2.45) is 5.10 Å². The molecule has 2 N–H and O–H groups in total. The molecular weight excluding hydrogens is 370 g/mol. The van der Waals surface area contributed by atoms with Gasteiger partial charge in [0.1, 0.15) is 12.4 Å². The molecule has 0 saturated heterocycles. The van der Waals surface area contributed by atoms with Crippen LogP contribution in [-0.4, -0.2) is 38.1 Å². The Kier molecular flexibility index (Phi) is 7.63. The molecule has 1 aromatic carbocycles. The minimum absolute atomic E-state index is 0.125. The minimum Gasteiger partial charge on any atom is -0.490 e. The van der Waals surface area contributed by atoms with Gasteiger partial charge in [0.15, 0.2) is 16.6 Å². The summed E-state index contributed by atoms with van der Waals surface area (Å²) in [5.74, 6) is 1.19. The first-order valence-corrected chi connectivity index (χ1v) is 8.55. The molecular formula is C18H21N3O5S. The van der Waals surface area contributed by atoms with Gasteiger partial charge in [0.2, 0.25) is 5.76 Å². The summed E-state index contributed by atoms with van der Waals surface area (Å²) < 4.78 is 21.4. The number of carbonyl (C=O) groups excluding carboxylic acids is 1. The predicted octanol–water partition coefficient (Wildman–Crippen LogP) is 2.47. The van der Waals surface area contributed by atoms with Crippen LogP contribution in [0.1, 0.15) is 28.8 Å². The highest BCUT2D eigenvalue weighted by molar-refractivity contribution is 7.80. The molecule has 2 aromatic rings. The number of benzene rings is 1. The average molecular weight is 391 g/mol. The number of rotatable bonds is 8. The standard InChI is InChI=1S/C18H21N3O5S/c1-4-24-16-9-12(10-20-21-18(27)19-2)5-7-14(16)25-11-13-6-8-15(26-13)17(22)23-3/h5-10H,4,11H2,1-3H3,(H2,19,21,27)/b20-10+. The van der Waals surface area contributed by atoms with Gasteiger partial charge in [-0.1, -0.05) is 0 Å². The van der Waals surface area contributed by atoms with Crippen molar-refractivity contribution >= 4 is 29.5 Å². The summed E-state index contributed by atoms with van der Waals surface area (Å²) in [6.45, 7) is 2.50. The molecule has 0 fully saturated rings. The van der Waals surface area contributed by atoms with Gasteiger partial charge in [0, 0.05) is 7.05 Å². The highest BCUT2D eigenvalue weighted by atomic mass is 32.1. The number of esters is 1. The lowest BCUT2D eigenvalue weighted by Crippen LogP contribution is -2.28. The van der Waals surface area contributed by atoms with E-state index in [0.717, 1.165) is 5.56 Å². The van der Waals surface area contributed by atoms with Crippen LogP contribution in [0.2, 0.25) is 0 Å². The first-order chi connectivity index (χ1) is 13.1. The lowest BCUT2D eigenvalue weighted by molar-refractivity contribution is 0.0561. The van der Waals surface area contributed by atoms with Crippen molar-refractivity contribution in [3.63, 3.8) is 0 Å². The average Bonchev–Trinajstić information content (AvgIpc) is 3.16. The van der Waals surface area contributed by atoms with E-state index in [-0.39, 0.29) is 12.4 Å². The van der Waals surface area contributed by atoms with Crippen molar-refractivity contribution in [1.82, 2.24) is 10.7 Å². The van der Waals surface area contributed by atoms with Crippen LogP contribution in [0.15, 0.2) is 39.9 Å². The molecule has 0 aliphatic carbocycles. The number of furan rings is 1. The van der Waals surface area contributed by atoms with Crippen LogP contribution in [0.5, 0.6) is 11.5 Å². The van der Waals surface area contributed by atoms with Crippen molar-refractivity contribution < 1.29 is 23.4 Å². The molecule has 9 heteroatoms. The van der Waals surface area contributed by atoms with Crippen molar-refractivity contribution in [1.29, 1.82) is 0 Å². The number of hydrazone groups is 1. The summed E-state index contributed by atoms with van der Waals surface area (Å²) >= 11 is 4.95. The molecule has 0 atom stereocenters. The summed E-state index contributed by atoms with van der Waals surface area (Å²) in [5, 5.41) is 7.21. The largest absolute Gasteiger partial charge is 0.490 e. The Labute approximate surface area is 162 Å². The number of thiocarbonyl (C=S) groups is 1. The van der Waals surface area contributed by atoms with Gasteiger partial charge in [-0.25, -0.2) is 4.79 Å². The van der Waals surface area contributed by atoms with Crippen molar-refractivity contribution in [3.8, 4) is 11.5 Å². The van der Waals surface area contributed by atoms with E-state index < -0.39 is 5.97 Å². The first-order valence-electron chi connectivity index (χ1n) is 8.14. The first kappa shape index (κ1) is 20.2. The molecule has 0 radical (unpaired) electrons. The van der Waals surface area contributed by atoms with Gasteiger partial charge in [-0.2, -0.15) is 5.10 Å². The van der Waals surface area contributed by atoms with Gasteiger partial charge in [-0.05, 0) is 55.0 Å². The van der Waals surface area contributed by atoms with Crippen LogP contribution >= 0.6 is 12.2 Å².